The van der Waals surface area contributed by atoms with Gasteiger partial charge in [0.25, 0.3) is 6.47 Å². The minimum absolute atomic E-state index is 0.00320. The molecule has 0 aromatic heterocycles. The van der Waals surface area contributed by atoms with Crippen LogP contribution in [-0.4, -0.2) is 309 Å². The highest BCUT2D eigenvalue weighted by Gasteiger charge is 2.71. The molecule has 5 heterocycles. The maximum atomic E-state index is 12.7. The van der Waals surface area contributed by atoms with Gasteiger partial charge in [-0.05, 0) is 99.7 Å². The van der Waals surface area contributed by atoms with Crippen molar-refractivity contribution in [1.29, 1.82) is 0 Å². The van der Waals surface area contributed by atoms with Gasteiger partial charge in [0.15, 0.2) is 31.5 Å². The van der Waals surface area contributed by atoms with Crippen molar-refractivity contribution in [3.63, 3.8) is 0 Å². The molecule has 5 aliphatic heterocycles. The number of fused-ring (bicyclic) bond motifs is 5. The normalized spacial score (nSPS) is 50.8. The maximum Gasteiger partial charge on any atom is 0.293 e. The van der Waals surface area contributed by atoms with E-state index in [-0.39, 0.29) is 35.5 Å². The molecule has 91 heavy (non-hydrogen) atoms. The quantitative estimate of drug-likeness (QED) is 0.0356. The number of ether oxygens (including phenoxy) is 11. The van der Waals surface area contributed by atoms with Crippen molar-refractivity contribution >= 4 is 6.47 Å². The number of carbonyl (C=O) groups is 1. The third kappa shape index (κ3) is 13.5. The molecule has 35 atom stereocenters. The Hall–Kier alpha value is -1.91. The zero-order valence-electron chi connectivity index (χ0n) is 52.8. The first-order valence-corrected chi connectivity index (χ1v) is 32.0. The van der Waals surface area contributed by atoms with Crippen LogP contribution in [0.4, 0.5) is 0 Å². The summed E-state index contributed by atoms with van der Waals surface area (Å²) in [5, 5.41) is 193. The van der Waals surface area contributed by atoms with Gasteiger partial charge in [-0.1, -0.05) is 53.2 Å². The van der Waals surface area contributed by atoms with Gasteiger partial charge in [-0.15, -0.1) is 0 Å². The average molecular weight is 1320 g/mol. The van der Waals surface area contributed by atoms with Gasteiger partial charge >= 0.3 is 0 Å². The van der Waals surface area contributed by atoms with Gasteiger partial charge in [-0.2, -0.15) is 0 Å². The topological polar surface area (TPSA) is 483 Å². The fraction of sp³-hybridized carbons (Fsp3) is 0.951. The summed E-state index contributed by atoms with van der Waals surface area (Å²) in [5.74, 6) is -0.140. The first-order chi connectivity index (χ1) is 42.7. The van der Waals surface area contributed by atoms with E-state index in [1.807, 2.05) is 13.8 Å². The summed E-state index contributed by atoms with van der Waals surface area (Å²) in [5.41, 5.74) is -2.63. The Labute approximate surface area is 528 Å². The molecule has 0 amide bonds. The van der Waals surface area contributed by atoms with E-state index < -0.39 is 227 Å². The predicted molar refractivity (Wildman–Crippen MR) is 305 cm³/mol. The molecule has 8 fully saturated rings. The van der Waals surface area contributed by atoms with Gasteiger partial charge in [-0.25, -0.2) is 0 Å². The molecule has 3 saturated carbocycles. The third-order valence-corrected chi connectivity index (χ3v) is 23.1. The largest absolute Gasteiger partial charge is 0.464 e. The van der Waals surface area contributed by atoms with E-state index in [0.29, 0.717) is 38.6 Å². The van der Waals surface area contributed by atoms with Crippen molar-refractivity contribution in [2.45, 2.75) is 284 Å². The van der Waals surface area contributed by atoms with Crippen LogP contribution in [0.5, 0.6) is 0 Å². The van der Waals surface area contributed by atoms with Gasteiger partial charge < -0.3 is 144 Å². The van der Waals surface area contributed by atoms with Crippen LogP contribution in [0.25, 0.3) is 0 Å². The third-order valence-electron chi connectivity index (χ3n) is 23.1. The number of hydrogen-bond acceptors (Lipinski definition) is 30. The number of hydrogen-bond donors (Lipinski definition) is 18. The molecule has 0 spiro atoms. The Morgan fingerprint density at radius 1 is 0.549 bits per heavy atom. The number of allylic oxidation sites excluding steroid dienone is 1. The Balaban J connectivity index is 0.904. The number of rotatable bonds is 22. The smallest absolute Gasteiger partial charge is 0.293 e. The summed E-state index contributed by atoms with van der Waals surface area (Å²) in [6, 6.07) is 0. The second kappa shape index (κ2) is 28.5. The summed E-state index contributed by atoms with van der Waals surface area (Å²) >= 11 is 0. The van der Waals surface area contributed by atoms with Gasteiger partial charge in [-0.3, -0.25) is 4.79 Å². The van der Waals surface area contributed by atoms with Crippen LogP contribution in [0.3, 0.4) is 0 Å². The van der Waals surface area contributed by atoms with E-state index in [4.69, 9.17) is 52.1 Å². The second-order valence-electron chi connectivity index (χ2n) is 28.9. The molecule has 0 aromatic carbocycles. The number of carbonyl (C=O) groups excluding carboxylic acids is 1. The zero-order chi connectivity index (χ0) is 66.9. The molecule has 3 unspecified atom stereocenters. The van der Waals surface area contributed by atoms with E-state index in [1.165, 1.54) is 13.8 Å². The molecule has 4 aliphatic carbocycles. The molecule has 9 aliphatic rings. The standard InChI is InChI=1S/C61H102O30/c1-24(9-13-35(58(4,5)80)90-56-51(91-55-50(79)44(73)39(68)30(20-64)86-55)46(75)41(70)32(88-56)22-82-53-48(77)43(72)38(67)29(19-63)85-53)25-15-16-59(6)33-12-10-26-27(61(33,8)36(83-23-65)17-60(25,59)7)11-14-34(57(26,2)3)89-54-49(78)45(74)40(69)31(87-54)21-81-52-47(76)42(71)37(66)28(18-62)84-52/h10,23-25,27-56,62-64,66-80H,9,11-22H2,1-8H3/t24-,25?,27?,28-,29-,30-,31-,32-,33?,34+,35-,36-,37-,38-,39-,40-,41-,42+,43+,44+,45+,46+,47-,48-,49-,50-,51-,52-,53-,54+,55+,56+,59+,60-,61+/m1/s1. The molecule has 0 aromatic rings. The van der Waals surface area contributed by atoms with Crippen molar-refractivity contribution in [3.05, 3.63) is 11.6 Å². The lowest BCUT2D eigenvalue weighted by atomic mass is 9.38. The molecule has 9 rings (SSSR count). The molecule has 0 bridgehead atoms. The number of aliphatic hydroxyl groups is 18. The van der Waals surface area contributed by atoms with E-state index in [2.05, 4.69) is 33.8 Å². The Kier molecular flexibility index (Phi) is 23.0. The van der Waals surface area contributed by atoms with Gasteiger partial charge in [0, 0.05) is 10.8 Å². The van der Waals surface area contributed by atoms with Crippen LogP contribution < -0.4 is 0 Å². The molecule has 30 nitrogen and oxygen atoms in total. The van der Waals surface area contributed by atoms with Crippen LogP contribution in [0, 0.1) is 45.3 Å². The summed E-state index contributed by atoms with van der Waals surface area (Å²) in [4.78, 5) is 12.7. The van der Waals surface area contributed by atoms with Crippen molar-refractivity contribution < 1.29 is 149 Å². The summed E-state index contributed by atoms with van der Waals surface area (Å²) < 4.78 is 65.7. The van der Waals surface area contributed by atoms with Crippen molar-refractivity contribution in [1.82, 2.24) is 0 Å². The first-order valence-electron chi connectivity index (χ1n) is 32.0. The van der Waals surface area contributed by atoms with E-state index in [9.17, 15) is 96.7 Å². The fourth-order valence-electron chi connectivity index (χ4n) is 17.2. The lowest BCUT2D eigenvalue weighted by molar-refractivity contribution is -0.380. The van der Waals surface area contributed by atoms with Crippen LogP contribution >= 0.6 is 0 Å². The number of aliphatic hydroxyl groups excluding tert-OH is 17. The van der Waals surface area contributed by atoms with E-state index in [0.717, 1.165) is 18.4 Å². The maximum absolute atomic E-state index is 12.7. The van der Waals surface area contributed by atoms with Crippen LogP contribution in [0.15, 0.2) is 11.6 Å². The lowest BCUT2D eigenvalue weighted by Crippen LogP contribution is -2.65. The minimum Gasteiger partial charge on any atom is -0.464 e. The molecular formula is C61H102O30. The predicted octanol–water partition coefficient (Wildman–Crippen LogP) is -5.23. The summed E-state index contributed by atoms with van der Waals surface area (Å²) in [7, 11) is 0. The molecule has 0 radical (unpaired) electrons. The molecule has 30 heteroatoms. The van der Waals surface area contributed by atoms with Crippen LogP contribution in [-0.2, 0) is 56.9 Å². The van der Waals surface area contributed by atoms with Crippen molar-refractivity contribution in [3.8, 4) is 0 Å². The highest BCUT2D eigenvalue weighted by Crippen LogP contribution is 2.75. The molecule has 18 N–H and O–H groups in total. The summed E-state index contributed by atoms with van der Waals surface area (Å²) in [6.07, 6.45) is -37.7. The Bertz CT molecular complexity index is 2410. The molecule has 526 valence electrons. The van der Waals surface area contributed by atoms with Crippen molar-refractivity contribution in [2.75, 3.05) is 33.0 Å². The van der Waals surface area contributed by atoms with Crippen molar-refractivity contribution in [2.24, 2.45) is 45.3 Å². The van der Waals surface area contributed by atoms with Gasteiger partial charge in [0.1, 0.15) is 128 Å². The highest BCUT2D eigenvalue weighted by atomic mass is 16.8. The zero-order valence-corrected chi connectivity index (χ0v) is 52.8. The molecular weight excluding hydrogens is 1210 g/mol. The highest BCUT2D eigenvalue weighted by molar-refractivity contribution is 5.40. The monoisotopic (exact) mass is 1310 g/mol. The lowest BCUT2D eigenvalue weighted by Gasteiger charge is -2.67. The minimum atomic E-state index is -1.97. The van der Waals surface area contributed by atoms with E-state index in [1.54, 1.807) is 0 Å². The van der Waals surface area contributed by atoms with Gasteiger partial charge in [0.2, 0.25) is 0 Å². The Morgan fingerprint density at radius 3 is 1.49 bits per heavy atom. The molecule has 5 saturated heterocycles. The second-order valence-corrected chi connectivity index (χ2v) is 28.9. The van der Waals surface area contributed by atoms with Gasteiger partial charge in [0.05, 0.1) is 50.8 Å². The average Bonchev–Trinajstić information content (AvgIpc) is 1.66. The van der Waals surface area contributed by atoms with E-state index >= 15 is 0 Å². The summed E-state index contributed by atoms with van der Waals surface area (Å²) in [6.45, 7) is 13.0. The Morgan fingerprint density at radius 2 is 1.00 bits per heavy atom. The van der Waals surface area contributed by atoms with Crippen LogP contribution in [0.2, 0.25) is 0 Å². The fourth-order valence-corrected chi connectivity index (χ4v) is 17.2. The SMILES string of the molecule is C[C@H](CC[C@@H](O[C@@H]1O[C@H](CO[C@@H]2O[C@H](CO)[C@@H](O)[C@H](O)[C@H]2O)[C@@H](O)[C@H](O)[C@H]1O[C@@H]1O[C@H](CO)[C@@H](O)[C@H](O)[C@H]1O)C(C)(C)O)C1CC[C@@]2(C)C3CC=C4C(CC[C@H](O[C@@H]5O[C@H](CO[C@@H]6O[C@H](CO)[C@@H](O)[C@H](O)[C@H]6O)[C@@H](O)[C@H](O)[C@H]5O)C4(C)C)[C@]3(C)[C@H](OC=O)C[C@]12C. The first kappa shape index (κ1) is 73.3. The van der Waals surface area contributed by atoms with Crippen LogP contribution in [0.1, 0.15) is 107 Å².